The summed E-state index contributed by atoms with van der Waals surface area (Å²) in [4.78, 5) is 5.21. The van der Waals surface area contributed by atoms with Crippen LogP contribution < -0.4 is 5.32 Å². The van der Waals surface area contributed by atoms with E-state index in [1.165, 1.54) is 39.3 Å². The summed E-state index contributed by atoms with van der Waals surface area (Å²) in [5.74, 6) is 1.57. The molecule has 1 atom stereocenters. The number of hydrogen-bond donors (Lipinski definition) is 1. The molecule has 0 amide bonds. The Hall–Kier alpha value is -0.120. The summed E-state index contributed by atoms with van der Waals surface area (Å²) < 4.78 is 0. The van der Waals surface area contributed by atoms with Gasteiger partial charge in [-0.1, -0.05) is 20.8 Å². The fourth-order valence-electron chi connectivity index (χ4n) is 2.52. The first kappa shape index (κ1) is 13.9. The van der Waals surface area contributed by atoms with E-state index in [0.29, 0.717) is 0 Å². The molecule has 0 aromatic heterocycles. The number of rotatable bonds is 6. The van der Waals surface area contributed by atoms with Crippen LogP contribution in [-0.4, -0.2) is 62.7 Å². The lowest BCUT2D eigenvalue weighted by atomic mass is 10.1. The summed E-state index contributed by atoms with van der Waals surface area (Å²) >= 11 is 0. The Bertz CT molecular complexity index is 174. The van der Waals surface area contributed by atoms with Gasteiger partial charge in [-0.25, -0.2) is 0 Å². The van der Waals surface area contributed by atoms with E-state index < -0.39 is 0 Å². The predicted molar refractivity (Wildman–Crippen MR) is 70.8 cm³/mol. The van der Waals surface area contributed by atoms with E-state index in [0.717, 1.165) is 18.4 Å². The molecule has 1 aliphatic heterocycles. The van der Waals surface area contributed by atoms with Gasteiger partial charge in [-0.3, -0.25) is 0 Å². The number of nitrogens with zero attached hydrogens (tertiary/aromatic N) is 2. The Morgan fingerprint density at radius 2 is 1.44 bits per heavy atom. The van der Waals surface area contributed by atoms with Crippen molar-refractivity contribution < 1.29 is 0 Å². The molecule has 96 valence electrons. The highest BCUT2D eigenvalue weighted by Crippen LogP contribution is 2.07. The van der Waals surface area contributed by atoms with Crippen LogP contribution in [0.3, 0.4) is 0 Å². The first-order valence-corrected chi connectivity index (χ1v) is 6.71. The monoisotopic (exact) mass is 227 g/mol. The zero-order valence-electron chi connectivity index (χ0n) is 11.5. The molecular weight excluding hydrogens is 198 g/mol. The molecule has 0 aromatic carbocycles. The van der Waals surface area contributed by atoms with Gasteiger partial charge >= 0.3 is 0 Å². The molecule has 0 saturated carbocycles. The van der Waals surface area contributed by atoms with E-state index in [-0.39, 0.29) is 0 Å². The quantitative estimate of drug-likeness (QED) is 0.733. The molecule has 0 aromatic rings. The van der Waals surface area contributed by atoms with Crippen LogP contribution in [0.2, 0.25) is 0 Å². The number of nitrogens with one attached hydrogen (secondary N) is 1. The molecule has 0 radical (unpaired) electrons. The van der Waals surface area contributed by atoms with Crippen LogP contribution in [0.25, 0.3) is 0 Å². The molecule has 0 bridgehead atoms. The van der Waals surface area contributed by atoms with Gasteiger partial charge in [0.2, 0.25) is 0 Å². The lowest BCUT2D eigenvalue weighted by molar-refractivity contribution is 0.111. The van der Waals surface area contributed by atoms with Gasteiger partial charge in [-0.2, -0.15) is 0 Å². The second kappa shape index (κ2) is 7.25. The maximum Gasteiger partial charge on any atom is 0.0110 e. The minimum absolute atomic E-state index is 0.765. The third kappa shape index (κ3) is 5.28. The topological polar surface area (TPSA) is 18.5 Å². The van der Waals surface area contributed by atoms with E-state index in [9.17, 15) is 0 Å². The van der Waals surface area contributed by atoms with Gasteiger partial charge in [0, 0.05) is 39.3 Å². The maximum absolute atomic E-state index is 3.25. The normalized spacial score (nSPS) is 21.6. The second-order valence-electron chi connectivity index (χ2n) is 5.66. The molecule has 1 saturated heterocycles. The minimum atomic E-state index is 0.765. The van der Waals surface area contributed by atoms with Gasteiger partial charge in [-0.05, 0) is 25.4 Å². The first-order valence-electron chi connectivity index (χ1n) is 6.71. The van der Waals surface area contributed by atoms with Gasteiger partial charge in [0.1, 0.15) is 0 Å². The molecule has 3 nitrogen and oxygen atoms in total. The summed E-state index contributed by atoms with van der Waals surface area (Å²) in [6, 6.07) is 0. The molecule has 0 aliphatic carbocycles. The molecule has 1 rings (SSSR count). The molecule has 1 aliphatic rings. The van der Waals surface area contributed by atoms with Gasteiger partial charge in [0.15, 0.2) is 0 Å². The van der Waals surface area contributed by atoms with Crippen molar-refractivity contribution in [2.45, 2.75) is 20.8 Å². The summed E-state index contributed by atoms with van der Waals surface area (Å²) in [6.07, 6.45) is 0. The summed E-state index contributed by atoms with van der Waals surface area (Å²) in [5, 5.41) is 3.25. The molecule has 1 N–H and O–H groups in total. The molecule has 1 unspecified atom stereocenters. The van der Waals surface area contributed by atoms with Crippen molar-refractivity contribution in [1.29, 1.82) is 0 Å². The molecule has 1 heterocycles. The van der Waals surface area contributed by atoms with E-state index in [2.05, 4.69) is 35.9 Å². The number of piperazine rings is 1. The van der Waals surface area contributed by atoms with E-state index in [1.54, 1.807) is 0 Å². The summed E-state index contributed by atoms with van der Waals surface area (Å²) in [6.45, 7) is 15.6. The highest BCUT2D eigenvalue weighted by atomic mass is 15.3. The van der Waals surface area contributed by atoms with Crippen molar-refractivity contribution in [3.8, 4) is 0 Å². The maximum atomic E-state index is 3.25. The van der Waals surface area contributed by atoms with Crippen molar-refractivity contribution in [2.75, 3.05) is 52.9 Å². The Labute approximate surface area is 101 Å². The average molecular weight is 227 g/mol. The van der Waals surface area contributed by atoms with Crippen LogP contribution in [0.15, 0.2) is 0 Å². The van der Waals surface area contributed by atoms with Crippen molar-refractivity contribution in [2.24, 2.45) is 11.8 Å². The van der Waals surface area contributed by atoms with Crippen molar-refractivity contribution >= 4 is 0 Å². The van der Waals surface area contributed by atoms with Gasteiger partial charge in [0.05, 0.1) is 0 Å². The van der Waals surface area contributed by atoms with Crippen molar-refractivity contribution in [1.82, 2.24) is 15.1 Å². The van der Waals surface area contributed by atoms with Gasteiger partial charge in [-0.15, -0.1) is 0 Å². The van der Waals surface area contributed by atoms with Crippen LogP contribution in [-0.2, 0) is 0 Å². The molecule has 1 fully saturated rings. The Morgan fingerprint density at radius 3 is 1.88 bits per heavy atom. The summed E-state index contributed by atoms with van der Waals surface area (Å²) in [5.41, 5.74) is 0. The van der Waals surface area contributed by atoms with Crippen LogP contribution in [0.4, 0.5) is 0 Å². The lowest BCUT2D eigenvalue weighted by Gasteiger charge is -2.36. The largest absolute Gasteiger partial charge is 0.319 e. The number of hydrogen-bond acceptors (Lipinski definition) is 3. The van der Waals surface area contributed by atoms with Gasteiger partial charge in [0.25, 0.3) is 0 Å². The highest BCUT2D eigenvalue weighted by molar-refractivity contribution is 4.74. The standard InChI is InChI=1S/C13H29N3/c1-12(2)10-15-5-7-16(8-6-15)11-13(3)9-14-4/h12-14H,5-11H2,1-4H3. The fourth-order valence-corrected chi connectivity index (χ4v) is 2.52. The zero-order chi connectivity index (χ0) is 12.0. The third-order valence-electron chi connectivity index (χ3n) is 3.21. The Morgan fingerprint density at radius 1 is 0.938 bits per heavy atom. The van der Waals surface area contributed by atoms with Crippen LogP contribution in [0, 0.1) is 11.8 Å². The highest BCUT2D eigenvalue weighted by Gasteiger charge is 2.18. The molecular formula is C13H29N3. The SMILES string of the molecule is CNCC(C)CN1CCN(CC(C)C)CC1. The average Bonchev–Trinajstić information content (AvgIpc) is 2.20. The Kier molecular flexibility index (Phi) is 6.32. The van der Waals surface area contributed by atoms with E-state index in [4.69, 9.17) is 0 Å². The molecule has 0 spiro atoms. The minimum Gasteiger partial charge on any atom is -0.319 e. The third-order valence-corrected chi connectivity index (χ3v) is 3.21. The Balaban J connectivity index is 2.16. The van der Waals surface area contributed by atoms with Gasteiger partial charge < -0.3 is 15.1 Å². The smallest absolute Gasteiger partial charge is 0.0110 e. The second-order valence-corrected chi connectivity index (χ2v) is 5.66. The predicted octanol–water partition coefficient (Wildman–Crippen LogP) is 1.12. The first-order chi connectivity index (χ1) is 7.61. The molecule has 3 heteroatoms. The summed E-state index contributed by atoms with van der Waals surface area (Å²) in [7, 11) is 2.04. The fraction of sp³-hybridized carbons (Fsp3) is 1.00. The van der Waals surface area contributed by atoms with Crippen LogP contribution >= 0.6 is 0 Å². The van der Waals surface area contributed by atoms with E-state index >= 15 is 0 Å². The lowest BCUT2D eigenvalue weighted by Crippen LogP contribution is -2.48. The van der Waals surface area contributed by atoms with Crippen molar-refractivity contribution in [3.63, 3.8) is 0 Å². The molecule has 16 heavy (non-hydrogen) atoms. The van der Waals surface area contributed by atoms with Crippen LogP contribution in [0.5, 0.6) is 0 Å². The van der Waals surface area contributed by atoms with Crippen LogP contribution in [0.1, 0.15) is 20.8 Å². The van der Waals surface area contributed by atoms with E-state index in [1.807, 2.05) is 7.05 Å². The van der Waals surface area contributed by atoms with Crippen molar-refractivity contribution in [3.05, 3.63) is 0 Å². The zero-order valence-corrected chi connectivity index (χ0v) is 11.5.